The first kappa shape index (κ1) is 16.2. The molecule has 0 saturated heterocycles. The Morgan fingerprint density at radius 2 is 2.00 bits per heavy atom. The summed E-state index contributed by atoms with van der Waals surface area (Å²) in [5.74, 6) is -1.74. The van der Waals surface area contributed by atoms with Crippen molar-refractivity contribution >= 4 is 11.8 Å². The molecule has 0 radical (unpaired) electrons. The van der Waals surface area contributed by atoms with Crippen molar-refractivity contribution in [2.75, 3.05) is 13.7 Å². The maximum absolute atomic E-state index is 13.2. The van der Waals surface area contributed by atoms with Crippen LogP contribution in [0.2, 0.25) is 0 Å². The van der Waals surface area contributed by atoms with Gasteiger partial charge in [-0.25, -0.2) is 9.18 Å². The Hall–Kier alpha value is -3.20. The Bertz CT molecular complexity index is 795. The number of hydrogen-bond donors (Lipinski definition) is 0. The number of hydrogen-bond acceptors (Lipinski definition) is 5. The van der Waals surface area contributed by atoms with Crippen molar-refractivity contribution in [3.05, 3.63) is 65.0 Å². The third-order valence-electron chi connectivity index (χ3n) is 3.02. The highest BCUT2D eigenvalue weighted by molar-refractivity contribution is 6.01. The molecule has 5 nitrogen and oxygen atoms in total. The van der Waals surface area contributed by atoms with Gasteiger partial charge in [0, 0.05) is 0 Å². The lowest BCUT2D eigenvalue weighted by molar-refractivity contribution is 0.0474. The number of carbonyl (C=O) groups is 2. The van der Waals surface area contributed by atoms with E-state index in [0.29, 0.717) is 5.56 Å². The number of benzene rings is 2. The van der Waals surface area contributed by atoms with E-state index < -0.39 is 24.2 Å². The minimum absolute atomic E-state index is 0.00826. The number of methoxy groups -OCH3 is 1. The second kappa shape index (κ2) is 7.18. The molecule has 116 valence electrons. The van der Waals surface area contributed by atoms with Crippen LogP contribution in [0.1, 0.15) is 26.3 Å². The number of esters is 1. The number of ether oxygens (including phenoxy) is 2. The fourth-order valence-corrected chi connectivity index (χ4v) is 1.91. The van der Waals surface area contributed by atoms with E-state index in [1.807, 2.05) is 6.07 Å². The van der Waals surface area contributed by atoms with Crippen LogP contribution in [0.25, 0.3) is 0 Å². The standard InChI is InChI=1S/C17H12FNO4/c1-22-16-6-5-13(18)8-14(16)15(20)10-23-17(21)12-4-2-3-11(7-12)9-19/h2-8H,10H2,1H3. The molecular formula is C17H12FNO4. The molecule has 0 amide bonds. The highest BCUT2D eigenvalue weighted by Crippen LogP contribution is 2.20. The summed E-state index contributed by atoms with van der Waals surface area (Å²) in [5, 5.41) is 8.79. The van der Waals surface area contributed by atoms with Crippen LogP contribution in [0.5, 0.6) is 5.75 Å². The molecule has 0 unspecified atom stereocenters. The third kappa shape index (κ3) is 3.92. The first-order valence-electron chi connectivity index (χ1n) is 6.59. The fraction of sp³-hybridized carbons (Fsp3) is 0.118. The van der Waals surface area contributed by atoms with Crippen LogP contribution in [-0.2, 0) is 4.74 Å². The summed E-state index contributed by atoms with van der Waals surface area (Å²) in [6.07, 6.45) is 0. The third-order valence-corrected chi connectivity index (χ3v) is 3.02. The smallest absolute Gasteiger partial charge is 0.338 e. The molecule has 0 saturated carbocycles. The number of Topliss-reactive ketones (excluding diaryl/α,β-unsaturated/α-hetero) is 1. The van der Waals surface area contributed by atoms with Gasteiger partial charge in [-0.05, 0) is 36.4 Å². The van der Waals surface area contributed by atoms with E-state index in [4.69, 9.17) is 14.7 Å². The van der Waals surface area contributed by atoms with Crippen molar-refractivity contribution < 1.29 is 23.5 Å². The van der Waals surface area contributed by atoms with Gasteiger partial charge in [-0.1, -0.05) is 6.07 Å². The Balaban J connectivity index is 2.08. The summed E-state index contributed by atoms with van der Waals surface area (Å²) >= 11 is 0. The zero-order valence-electron chi connectivity index (χ0n) is 12.2. The Morgan fingerprint density at radius 3 is 2.70 bits per heavy atom. The van der Waals surface area contributed by atoms with Gasteiger partial charge in [-0.3, -0.25) is 4.79 Å². The summed E-state index contributed by atoms with van der Waals surface area (Å²) in [6.45, 7) is -0.560. The number of carbonyl (C=O) groups excluding carboxylic acids is 2. The number of nitrogens with zero attached hydrogens (tertiary/aromatic N) is 1. The summed E-state index contributed by atoms with van der Waals surface area (Å²) < 4.78 is 23.1. The predicted octanol–water partition coefficient (Wildman–Crippen LogP) is 2.75. The molecule has 0 aromatic heterocycles. The van der Waals surface area contributed by atoms with Crippen LogP contribution in [0.3, 0.4) is 0 Å². The van der Waals surface area contributed by atoms with E-state index in [0.717, 1.165) is 12.1 Å². The SMILES string of the molecule is COc1ccc(F)cc1C(=O)COC(=O)c1cccc(C#N)c1. The highest BCUT2D eigenvalue weighted by atomic mass is 19.1. The molecule has 2 aromatic carbocycles. The van der Waals surface area contributed by atoms with Crippen LogP contribution in [0.4, 0.5) is 4.39 Å². The number of halogens is 1. The second-order valence-corrected chi connectivity index (χ2v) is 4.54. The van der Waals surface area contributed by atoms with Crippen molar-refractivity contribution in [3.63, 3.8) is 0 Å². The van der Waals surface area contributed by atoms with Gasteiger partial charge in [0.1, 0.15) is 11.6 Å². The van der Waals surface area contributed by atoms with Gasteiger partial charge in [-0.2, -0.15) is 5.26 Å². The molecule has 0 N–H and O–H groups in total. The van der Waals surface area contributed by atoms with Gasteiger partial charge in [0.05, 0.1) is 29.9 Å². The molecule has 0 aliphatic carbocycles. The minimum atomic E-state index is -0.745. The Morgan fingerprint density at radius 1 is 1.22 bits per heavy atom. The van der Waals surface area contributed by atoms with Crippen LogP contribution in [-0.4, -0.2) is 25.5 Å². The summed E-state index contributed by atoms with van der Waals surface area (Å²) in [6, 6.07) is 11.3. The predicted molar refractivity (Wildman–Crippen MR) is 78.7 cm³/mol. The van der Waals surface area contributed by atoms with Gasteiger partial charge in [0.2, 0.25) is 5.78 Å². The molecule has 23 heavy (non-hydrogen) atoms. The molecule has 6 heteroatoms. The molecule has 2 aromatic rings. The van der Waals surface area contributed by atoms with Crippen molar-refractivity contribution in [2.45, 2.75) is 0 Å². The van der Waals surface area contributed by atoms with E-state index in [2.05, 4.69) is 0 Å². The van der Waals surface area contributed by atoms with Crippen LogP contribution in [0.15, 0.2) is 42.5 Å². The first-order valence-corrected chi connectivity index (χ1v) is 6.59. The summed E-state index contributed by atoms with van der Waals surface area (Å²) in [5.41, 5.74) is 0.451. The quantitative estimate of drug-likeness (QED) is 0.626. The van der Waals surface area contributed by atoms with Gasteiger partial charge in [0.25, 0.3) is 0 Å². The summed E-state index contributed by atoms with van der Waals surface area (Å²) in [7, 11) is 1.35. The van der Waals surface area contributed by atoms with Gasteiger partial charge in [-0.15, -0.1) is 0 Å². The van der Waals surface area contributed by atoms with E-state index in [9.17, 15) is 14.0 Å². The van der Waals surface area contributed by atoms with Crippen molar-refractivity contribution in [1.29, 1.82) is 5.26 Å². The van der Waals surface area contributed by atoms with Gasteiger partial charge in [0.15, 0.2) is 6.61 Å². The lowest BCUT2D eigenvalue weighted by atomic mass is 10.1. The van der Waals surface area contributed by atoms with E-state index in [1.54, 1.807) is 6.07 Å². The molecule has 0 fully saturated rings. The van der Waals surface area contributed by atoms with E-state index >= 15 is 0 Å². The van der Waals surface area contributed by atoms with Crippen molar-refractivity contribution in [1.82, 2.24) is 0 Å². The van der Waals surface area contributed by atoms with E-state index in [-0.39, 0.29) is 16.9 Å². The average molecular weight is 313 g/mol. The summed E-state index contributed by atoms with van der Waals surface area (Å²) in [4.78, 5) is 23.9. The Labute approximate surface area is 131 Å². The number of rotatable bonds is 5. The highest BCUT2D eigenvalue weighted by Gasteiger charge is 2.16. The molecule has 2 rings (SSSR count). The van der Waals surface area contributed by atoms with Crippen LogP contribution < -0.4 is 4.74 Å². The largest absolute Gasteiger partial charge is 0.496 e. The van der Waals surface area contributed by atoms with Crippen molar-refractivity contribution in [2.24, 2.45) is 0 Å². The average Bonchev–Trinajstić information content (AvgIpc) is 2.59. The van der Waals surface area contributed by atoms with Crippen LogP contribution in [0, 0.1) is 17.1 Å². The molecule has 0 aliphatic heterocycles. The van der Waals surface area contributed by atoms with Gasteiger partial charge < -0.3 is 9.47 Å². The monoisotopic (exact) mass is 313 g/mol. The topological polar surface area (TPSA) is 76.4 Å². The van der Waals surface area contributed by atoms with Crippen LogP contribution >= 0.6 is 0 Å². The molecule has 0 aliphatic rings. The zero-order chi connectivity index (χ0) is 16.8. The normalized spacial score (nSPS) is 9.78. The molecular weight excluding hydrogens is 301 g/mol. The maximum atomic E-state index is 13.2. The first-order chi connectivity index (χ1) is 11.0. The Kier molecular flexibility index (Phi) is 5.05. The lowest BCUT2D eigenvalue weighted by Crippen LogP contribution is -2.15. The maximum Gasteiger partial charge on any atom is 0.338 e. The number of nitriles is 1. The van der Waals surface area contributed by atoms with Crippen molar-refractivity contribution in [3.8, 4) is 11.8 Å². The van der Waals surface area contributed by atoms with Gasteiger partial charge >= 0.3 is 5.97 Å². The number of ketones is 1. The molecule has 0 heterocycles. The zero-order valence-corrected chi connectivity index (χ0v) is 12.2. The molecule has 0 atom stereocenters. The minimum Gasteiger partial charge on any atom is -0.496 e. The lowest BCUT2D eigenvalue weighted by Gasteiger charge is -2.08. The van der Waals surface area contributed by atoms with E-state index in [1.165, 1.54) is 31.4 Å². The molecule has 0 spiro atoms. The second-order valence-electron chi connectivity index (χ2n) is 4.54. The fourth-order valence-electron chi connectivity index (χ4n) is 1.91. The molecule has 0 bridgehead atoms.